The minimum absolute atomic E-state index is 0.00342. The summed E-state index contributed by atoms with van der Waals surface area (Å²) in [6.07, 6.45) is 6.89. The molecule has 0 atom stereocenters. The molecule has 4 aromatic carbocycles. The van der Waals surface area contributed by atoms with Gasteiger partial charge in [0.2, 0.25) is 11.8 Å². The van der Waals surface area contributed by atoms with E-state index in [4.69, 9.17) is 32.7 Å². The maximum Gasteiger partial charge on any atom is 0.236 e. The number of carbonyl (C=O) groups is 2. The van der Waals surface area contributed by atoms with E-state index in [1.165, 1.54) is 22.7 Å². The number of rotatable bonds is 10. The van der Waals surface area contributed by atoms with Gasteiger partial charge in [0.25, 0.3) is 0 Å². The van der Waals surface area contributed by atoms with Crippen LogP contribution >= 0.6 is 86.2 Å². The Morgan fingerprint density at radius 3 is 1.60 bits per heavy atom. The van der Waals surface area contributed by atoms with Crippen molar-refractivity contribution >= 4 is 108 Å². The van der Waals surface area contributed by atoms with Crippen LogP contribution in [0.5, 0.6) is 11.5 Å². The fourth-order valence-corrected chi connectivity index (χ4v) is 9.06. The maximum absolute atomic E-state index is 12.9. The summed E-state index contributed by atoms with van der Waals surface area (Å²) in [5.41, 5.74) is 1.20. The molecule has 8 nitrogen and oxygen atoms in total. The van der Waals surface area contributed by atoms with Gasteiger partial charge < -0.3 is 20.1 Å². The van der Waals surface area contributed by atoms with Crippen molar-refractivity contribution in [2.24, 2.45) is 0 Å². The van der Waals surface area contributed by atoms with Crippen molar-refractivity contribution < 1.29 is 19.1 Å². The quantitative estimate of drug-likeness (QED) is 0.118. The largest absolute Gasteiger partial charge is 0.497 e. The number of nitrogens with one attached hydrogen (secondary N) is 2. The van der Waals surface area contributed by atoms with Gasteiger partial charge in [0.15, 0.2) is 10.3 Å². The zero-order valence-corrected chi connectivity index (χ0v) is 36.0. The van der Waals surface area contributed by atoms with Gasteiger partial charge in [-0.2, -0.15) is 0 Å². The fraction of sp³-hybridized carbons (Fsp3) is 0.200. The van der Waals surface area contributed by atoms with Crippen LogP contribution in [0, 0.1) is 0 Å². The van der Waals surface area contributed by atoms with E-state index in [2.05, 4.69) is 49.2 Å². The summed E-state index contributed by atoms with van der Waals surface area (Å²) >= 11 is 23.7. The Balaban J connectivity index is 0.000000160. The summed E-state index contributed by atoms with van der Waals surface area (Å²) in [5.74, 6) is 1.60. The smallest absolute Gasteiger partial charge is 0.236 e. The second-order valence-electron chi connectivity index (χ2n) is 12.5. The van der Waals surface area contributed by atoms with E-state index in [9.17, 15) is 9.59 Å². The number of carbonyl (C=O) groups excluding carboxylic acids is 2. The Morgan fingerprint density at radius 1 is 0.709 bits per heavy atom. The van der Waals surface area contributed by atoms with Crippen LogP contribution in [0.3, 0.4) is 0 Å². The first-order chi connectivity index (χ1) is 26.5. The average Bonchev–Trinajstić information content (AvgIpc) is 4.11. The number of benzene rings is 4. The highest BCUT2D eigenvalue weighted by molar-refractivity contribution is 9.11. The predicted molar refractivity (Wildman–Crippen MR) is 231 cm³/mol. The summed E-state index contributed by atoms with van der Waals surface area (Å²) in [6.45, 7) is 0. The van der Waals surface area contributed by atoms with Gasteiger partial charge in [-0.05, 0) is 101 Å². The van der Waals surface area contributed by atoms with Crippen LogP contribution in [-0.4, -0.2) is 36.0 Å². The van der Waals surface area contributed by atoms with Crippen molar-refractivity contribution in [3.05, 3.63) is 134 Å². The van der Waals surface area contributed by atoms with Gasteiger partial charge in [-0.3, -0.25) is 9.59 Å². The standard InChI is InChI=1S/C20H17ClN2O2S2.C14H13BrN2O2S.C6H5ClS/c1-25-14-8-6-13(7-9-14)20(10-11-20)18(24)23-19-22-12-17(27-19)26-16-5-3-2-4-15(16)21;1-19-10-4-2-9(3-5-10)14(6-7-14)12(18)17-13-16-8-11(15)20-13;7-5-3-1-2-4-6(5)8/h2-9,12H,10-11H2,1H3,(H,22,23,24);2-5,8H,6-7H2,1H3,(H,16,17,18);1-4,8H. The summed E-state index contributed by atoms with van der Waals surface area (Å²) in [4.78, 5) is 35.6. The zero-order chi connectivity index (χ0) is 39.0. The first-order valence-electron chi connectivity index (χ1n) is 16.9. The van der Waals surface area contributed by atoms with Crippen molar-refractivity contribution in [2.45, 2.75) is 50.5 Å². The number of anilines is 2. The van der Waals surface area contributed by atoms with Gasteiger partial charge in [0.1, 0.15) is 11.5 Å². The Hall–Kier alpha value is -3.56. The lowest BCUT2D eigenvalue weighted by molar-refractivity contribution is -0.119. The number of thiol groups is 1. The number of hydrogen-bond acceptors (Lipinski definition) is 10. The highest BCUT2D eigenvalue weighted by Crippen LogP contribution is 2.50. The van der Waals surface area contributed by atoms with Crippen LogP contribution in [0.1, 0.15) is 36.8 Å². The molecule has 15 heteroatoms. The van der Waals surface area contributed by atoms with Crippen molar-refractivity contribution in [1.82, 2.24) is 9.97 Å². The SMILES string of the molecule is COc1ccc(C2(C(=O)Nc3ncc(Br)s3)CC2)cc1.COc1ccc(C2(C(=O)Nc3ncc(Sc4ccccc4Cl)s3)CC2)cc1.Sc1ccccc1Cl. The molecular weight excluding hydrogens is 880 g/mol. The Kier molecular flexibility index (Phi) is 13.9. The molecule has 0 radical (unpaired) electrons. The first-order valence-corrected chi connectivity index (χ1v) is 21.3. The third-order valence-electron chi connectivity index (χ3n) is 8.96. The predicted octanol–water partition coefficient (Wildman–Crippen LogP) is 11.8. The number of ether oxygens (including phenoxy) is 2. The number of hydrogen-bond donors (Lipinski definition) is 3. The van der Waals surface area contributed by atoms with Crippen LogP contribution in [0.15, 0.2) is 127 Å². The molecule has 55 heavy (non-hydrogen) atoms. The summed E-state index contributed by atoms with van der Waals surface area (Å²) in [6, 6.07) is 30.5. The van der Waals surface area contributed by atoms with Gasteiger partial charge in [0, 0.05) is 9.79 Å². The van der Waals surface area contributed by atoms with Crippen LogP contribution in [-0.2, 0) is 20.4 Å². The molecule has 2 aliphatic rings. The van der Waals surface area contributed by atoms with E-state index in [0.29, 0.717) is 20.3 Å². The molecule has 2 N–H and O–H groups in total. The number of nitrogens with zero attached hydrogens (tertiary/aromatic N) is 2. The second-order valence-corrected chi connectivity index (χ2v) is 18.5. The van der Waals surface area contributed by atoms with Gasteiger partial charge in [-0.25, -0.2) is 9.97 Å². The summed E-state index contributed by atoms with van der Waals surface area (Å²) in [7, 11) is 3.27. The Bertz CT molecular complexity index is 2220. The Morgan fingerprint density at radius 2 is 1.18 bits per heavy atom. The van der Waals surface area contributed by atoms with Gasteiger partial charge >= 0.3 is 0 Å². The van der Waals surface area contributed by atoms with Crippen LogP contribution in [0.25, 0.3) is 0 Å². The van der Waals surface area contributed by atoms with Gasteiger partial charge in [-0.15, -0.1) is 12.6 Å². The van der Waals surface area contributed by atoms with E-state index >= 15 is 0 Å². The van der Waals surface area contributed by atoms with Gasteiger partial charge in [0.05, 0.1) is 55.5 Å². The number of amides is 2. The highest BCUT2D eigenvalue weighted by atomic mass is 79.9. The van der Waals surface area contributed by atoms with Gasteiger partial charge in [-0.1, -0.05) is 106 Å². The maximum atomic E-state index is 12.9. The lowest BCUT2D eigenvalue weighted by Gasteiger charge is -2.15. The molecule has 2 heterocycles. The number of aromatic nitrogens is 2. The molecular formula is C40H35BrCl2N4O4S4. The lowest BCUT2D eigenvalue weighted by Crippen LogP contribution is -2.27. The number of thiazole rings is 2. The van der Waals surface area contributed by atoms with E-state index in [-0.39, 0.29) is 11.8 Å². The second kappa shape index (κ2) is 18.6. The first kappa shape index (κ1) is 41.1. The molecule has 2 aromatic heterocycles. The van der Waals surface area contributed by atoms with E-state index in [1.807, 2.05) is 97.1 Å². The molecule has 0 spiro atoms. The molecule has 6 aromatic rings. The molecule has 8 rings (SSSR count). The third kappa shape index (κ3) is 10.4. The van der Waals surface area contributed by atoms with Crippen molar-refractivity contribution in [3.63, 3.8) is 0 Å². The highest BCUT2D eigenvalue weighted by Gasteiger charge is 2.52. The van der Waals surface area contributed by atoms with Crippen LogP contribution in [0.2, 0.25) is 10.0 Å². The van der Waals surface area contributed by atoms with Crippen molar-refractivity contribution in [1.29, 1.82) is 0 Å². The number of methoxy groups -OCH3 is 2. The average molecular weight is 915 g/mol. The molecule has 284 valence electrons. The van der Waals surface area contributed by atoms with E-state index in [1.54, 1.807) is 38.4 Å². The molecule has 2 fully saturated rings. The topological polar surface area (TPSA) is 102 Å². The van der Waals surface area contributed by atoms with Crippen LogP contribution < -0.4 is 20.1 Å². The molecule has 0 saturated heterocycles. The van der Waals surface area contributed by atoms with Crippen LogP contribution in [0.4, 0.5) is 10.3 Å². The zero-order valence-electron chi connectivity index (χ0n) is 29.6. The van der Waals surface area contributed by atoms with E-state index < -0.39 is 10.8 Å². The monoisotopic (exact) mass is 912 g/mol. The lowest BCUT2D eigenvalue weighted by atomic mass is 9.95. The molecule has 2 aliphatic carbocycles. The molecule has 0 aliphatic heterocycles. The summed E-state index contributed by atoms with van der Waals surface area (Å²) < 4.78 is 12.2. The molecule has 2 amide bonds. The van der Waals surface area contributed by atoms with Crippen molar-refractivity contribution in [3.8, 4) is 11.5 Å². The summed E-state index contributed by atoms with van der Waals surface area (Å²) in [5, 5.41) is 8.53. The minimum atomic E-state index is -0.450. The minimum Gasteiger partial charge on any atom is -0.497 e. The number of halogens is 3. The molecule has 0 bridgehead atoms. The van der Waals surface area contributed by atoms with Crippen molar-refractivity contribution in [2.75, 3.05) is 24.9 Å². The fourth-order valence-electron chi connectivity index (χ4n) is 5.56. The molecule has 0 unspecified atom stereocenters. The van der Waals surface area contributed by atoms with E-state index in [0.717, 1.165) is 66.1 Å². The third-order valence-corrected chi connectivity index (χ3v) is 13.7. The molecule has 2 saturated carbocycles. The Labute approximate surface area is 355 Å². The normalized spacial score (nSPS) is 14.2.